The van der Waals surface area contributed by atoms with Gasteiger partial charge in [-0.15, -0.1) is 0 Å². The Kier molecular flexibility index (Phi) is 7.06. The average molecular weight is 409 g/mol. The Hall–Kier alpha value is -3.35. The van der Waals surface area contributed by atoms with Crippen molar-refractivity contribution >= 4 is 17.5 Å². The number of fused-ring (bicyclic) bond motifs is 1. The van der Waals surface area contributed by atoms with Gasteiger partial charge in [-0.3, -0.25) is 9.59 Å². The Labute approximate surface area is 176 Å². The van der Waals surface area contributed by atoms with Crippen LogP contribution in [0.2, 0.25) is 0 Å². The number of pyridine rings is 1. The fourth-order valence-corrected chi connectivity index (χ4v) is 3.16. The van der Waals surface area contributed by atoms with Gasteiger partial charge in [0.25, 0.3) is 5.91 Å². The highest BCUT2D eigenvalue weighted by Gasteiger charge is 2.24. The molecule has 3 rings (SSSR count). The van der Waals surface area contributed by atoms with Gasteiger partial charge in [0.1, 0.15) is 17.4 Å². The van der Waals surface area contributed by atoms with Crippen molar-refractivity contribution in [3.63, 3.8) is 0 Å². The molecule has 2 amide bonds. The second kappa shape index (κ2) is 9.91. The molecule has 1 unspecified atom stereocenters. The highest BCUT2D eigenvalue weighted by atomic mass is 16.5. The lowest BCUT2D eigenvalue weighted by molar-refractivity contribution is -0.123. The summed E-state index contributed by atoms with van der Waals surface area (Å²) in [6.45, 7) is 6.73. The number of nitrogens with zero attached hydrogens (tertiary/aromatic N) is 2. The van der Waals surface area contributed by atoms with Crippen LogP contribution in [0, 0.1) is 5.92 Å². The molecular formula is C23H28N4O3. The fraction of sp³-hybridized carbons (Fsp3) is 0.348. The molecule has 7 heteroatoms. The predicted octanol–water partition coefficient (Wildman–Crippen LogP) is 2.85. The Morgan fingerprint density at radius 3 is 2.57 bits per heavy atom. The quantitative estimate of drug-likeness (QED) is 0.570. The SMILES string of the molecule is CCOc1ccc(C(=O)NC(C(=O)NCCc2cn3ccccc3n2)C(C)C)cc1. The fourth-order valence-electron chi connectivity index (χ4n) is 3.16. The molecule has 0 saturated heterocycles. The number of hydrogen-bond acceptors (Lipinski definition) is 4. The average Bonchev–Trinajstić information content (AvgIpc) is 3.15. The summed E-state index contributed by atoms with van der Waals surface area (Å²) in [7, 11) is 0. The van der Waals surface area contributed by atoms with Crippen molar-refractivity contribution in [1.29, 1.82) is 0 Å². The number of rotatable bonds is 9. The molecule has 0 aliphatic heterocycles. The van der Waals surface area contributed by atoms with E-state index in [1.165, 1.54) is 0 Å². The monoisotopic (exact) mass is 408 g/mol. The van der Waals surface area contributed by atoms with Crippen molar-refractivity contribution in [2.45, 2.75) is 33.2 Å². The lowest BCUT2D eigenvalue weighted by Gasteiger charge is -2.21. The molecule has 0 bridgehead atoms. The molecule has 2 heterocycles. The zero-order chi connectivity index (χ0) is 21.5. The van der Waals surface area contributed by atoms with Crippen LogP contribution in [0.15, 0.2) is 54.9 Å². The van der Waals surface area contributed by atoms with E-state index < -0.39 is 6.04 Å². The number of hydrogen-bond donors (Lipinski definition) is 2. The molecule has 0 aliphatic carbocycles. The van der Waals surface area contributed by atoms with Gasteiger partial charge in [-0.1, -0.05) is 19.9 Å². The van der Waals surface area contributed by atoms with Gasteiger partial charge in [-0.25, -0.2) is 4.98 Å². The second-order valence-corrected chi connectivity index (χ2v) is 7.39. The van der Waals surface area contributed by atoms with E-state index in [0.717, 1.165) is 11.3 Å². The van der Waals surface area contributed by atoms with Gasteiger partial charge in [0.05, 0.1) is 12.3 Å². The molecule has 2 N–H and O–H groups in total. The molecule has 0 spiro atoms. The lowest BCUT2D eigenvalue weighted by Crippen LogP contribution is -2.50. The highest BCUT2D eigenvalue weighted by Crippen LogP contribution is 2.13. The summed E-state index contributed by atoms with van der Waals surface area (Å²) in [6.07, 6.45) is 4.51. The smallest absolute Gasteiger partial charge is 0.251 e. The molecule has 1 atom stereocenters. The third-order valence-corrected chi connectivity index (χ3v) is 4.76. The number of benzene rings is 1. The maximum atomic E-state index is 12.7. The molecule has 0 fully saturated rings. The van der Waals surface area contributed by atoms with Gasteiger partial charge < -0.3 is 19.8 Å². The van der Waals surface area contributed by atoms with Crippen LogP contribution < -0.4 is 15.4 Å². The van der Waals surface area contributed by atoms with Gasteiger partial charge in [-0.05, 0) is 49.2 Å². The Morgan fingerprint density at radius 1 is 1.13 bits per heavy atom. The van der Waals surface area contributed by atoms with Crippen molar-refractivity contribution < 1.29 is 14.3 Å². The van der Waals surface area contributed by atoms with Crippen LogP contribution >= 0.6 is 0 Å². The number of amides is 2. The number of ether oxygens (including phenoxy) is 1. The molecule has 0 saturated carbocycles. The van der Waals surface area contributed by atoms with Crippen molar-refractivity contribution in [2.24, 2.45) is 5.92 Å². The first-order valence-electron chi connectivity index (χ1n) is 10.2. The van der Waals surface area contributed by atoms with E-state index in [4.69, 9.17) is 4.74 Å². The van der Waals surface area contributed by atoms with Gasteiger partial charge >= 0.3 is 0 Å². The van der Waals surface area contributed by atoms with E-state index in [9.17, 15) is 9.59 Å². The summed E-state index contributed by atoms with van der Waals surface area (Å²) in [5, 5.41) is 5.76. The van der Waals surface area contributed by atoms with Crippen molar-refractivity contribution in [3.05, 3.63) is 66.1 Å². The number of imidazole rings is 1. The molecule has 2 aromatic heterocycles. The Bertz CT molecular complexity index is 962. The van der Waals surface area contributed by atoms with Crippen LogP contribution in [0.3, 0.4) is 0 Å². The largest absolute Gasteiger partial charge is 0.494 e. The van der Waals surface area contributed by atoms with E-state index in [1.807, 2.05) is 55.8 Å². The Balaban J connectivity index is 1.55. The summed E-state index contributed by atoms with van der Waals surface area (Å²) < 4.78 is 7.35. The normalized spacial score (nSPS) is 12.0. The minimum absolute atomic E-state index is 0.0492. The molecule has 7 nitrogen and oxygen atoms in total. The zero-order valence-corrected chi connectivity index (χ0v) is 17.6. The third-order valence-electron chi connectivity index (χ3n) is 4.76. The standard InChI is InChI=1S/C23H28N4O3/c1-4-30-19-10-8-17(9-11-19)22(28)26-21(16(2)3)23(29)24-13-12-18-15-27-14-6-5-7-20(27)25-18/h5-11,14-16,21H,4,12-13H2,1-3H3,(H,24,29)(H,26,28). The van der Waals surface area contributed by atoms with Crippen molar-refractivity contribution in [3.8, 4) is 5.75 Å². The van der Waals surface area contributed by atoms with Gasteiger partial charge in [0.15, 0.2) is 0 Å². The summed E-state index contributed by atoms with van der Waals surface area (Å²) in [4.78, 5) is 29.8. The molecule has 3 aromatic rings. The van der Waals surface area contributed by atoms with Crippen LogP contribution in [0.25, 0.3) is 5.65 Å². The summed E-state index contributed by atoms with van der Waals surface area (Å²) in [5.41, 5.74) is 2.27. The van der Waals surface area contributed by atoms with E-state index >= 15 is 0 Å². The highest BCUT2D eigenvalue weighted by molar-refractivity contribution is 5.97. The van der Waals surface area contributed by atoms with E-state index in [-0.39, 0.29) is 17.7 Å². The van der Waals surface area contributed by atoms with Crippen molar-refractivity contribution in [1.82, 2.24) is 20.0 Å². The molecule has 1 aromatic carbocycles. The van der Waals surface area contributed by atoms with E-state index in [0.29, 0.717) is 30.9 Å². The molecule has 0 aliphatic rings. The lowest BCUT2D eigenvalue weighted by atomic mass is 10.0. The Morgan fingerprint density at radius 2 is 1.90 bits per heavy atom. The second-order valence-electron chi connectivity index (χ2n) is 7.39. The summed E-state index contributed by atoms with van der Waals surface area (Å²) in [6, 6.07) is 12.1. The van der Waals surface area contributed by atoms with Crippen LogP contribution in [-0.2, 0) is 11.2 Å². The summed E-state index contributed by atoms with van der Waals surface area (Å²) in [5.74, 6) is 0.172. The molecule has 30 heavy (non-hydrogen) atoms. The minimum atomic E-state index is -0.620. The maximum absolute atomic E-state index is 12.7. The first kappa shape index (κ1) is 21.4. The van der Waals surface area contributed by atoms with E-state index in [2.05, 4.69) is 15.6 Å². The first-order valence-corrected chi connectivity index (χ1v) is 10.2. The predicted molar refractivity (Wildman–Crippen MR) is 116 cm³/mol. The number of nitrogens with one attached hydrogen (secondary N) is 2. The van der Waals surface area contributed by atoms with Gasteiger partial charge in [0.2, 0.25) is 5.91 Å². The number of carbonyl (C=O) groups excluding carboxylic acids is 2. The van der Waals surface area contributed by atoms with Crippen LogP contribution in [0.4, 0.5) is 0 Å². The topological polar surface area (TPSA) is 84.7 Å². The minimum Gasteiger partial charge on any atom is -0.494 e. The zero-order valence-electron chi connectivity index (χ0n) is 17.6. The van der Waals surface area contributed by atoms with Gasteiger partial charge in [-0.2, -0.15) is 0 Å². The third kappa shape index (κ3) is 5.37. The number of carbonyl (C=O) groups is 2. The summed E-state index contributed by atoms with van der Waals surface area (Å²) >= 11 is 0. The van der Waals surface area contributed by atoms with E-state index in [1.54, 1.807) is 24.3 Å². The van der Waals surface area contributed by atoms with Crippen LogP contribution in [-0.4, -0.2) is 40.4 Å². The molecular weight excluding hydrogens is 380 g/mol. The molecule has 158 valence electrons. The molecule has 0 radical (unpaired) electrons. The first-order chi connectivity index (χ1) is 14.5. The number of aromatic nitrogens is 2. The van der Waals surface area contributed by atoms with Crippen LogP contribution in [0.5, 0.6) is 5.75 Å². The maximum Gasteiger partial charge on any atom is 0.251 e. The van der Waals surface area contributed by atoms with Gasteiger partial charge in [0, 0.05) is 30.9 Å². The van der Waals surface area contributed by atoms with Crippen molar-refractivity contribution in [2.75, 3.05) is 13.2 Å². The van der Waals surface area contributed by atoms with Crippen LogP contribution in [0.1, 0.15) is 36.8 Å².